The topological polar surface area (TPSA) is 20.3 Å². The Morgan fingerprint density at radius 3 is 3.00 bits per heavy atom. The van der Waals surface area contributed by atoms with Gasteiger partial charge in [-0.2, -0.15) is 0 Å². The fourth-order valence-corrected chi connectivity index (χ4v) is 2.10. The molecule has 1 amide bonds. The van der Waals surface area contributed by atoms with Crippen LogP contribution in [-0.2, 0) is 11.3 Å². The van der Waals surface area contributed by atoms with Crippen molar-refractivity contribution in [2.24, 2.45) is 0 Å². The highest BCUT2D eigenvalue weighted by molar-refractivity contribution is 14.1. The molecule has 1 aliphatic heterocycles. The Morgan fingerprint density at radius 1 is 1.40 bits per heavy atom. The fraction of sp³-hybridized carbons (Fsp3) is 0.250. The number of rotatable bonds is 2. The van der Waals surface area contributed by atoms with Gasteiger partial charge >= 0.3 is 0 Å². The largest absolute Gasteiger partial charge is 0.315 e. The average molecular weight is 313 g/mol. The standard InChI is InChI=1S/C12H12INO/c13-7-5-12(15)14-8-6-10-3-1-2-4-11(10)9-14/h1-4,6,8H,5,7,9H2. The summed E-state index contributed by atoms with van der Waals surface area (Å²) in [6.45, 7) is 0.710. The molecular formula is C12H12INO. The van der Waals surface area contributed by atoms with Crippen molar-refractivity contribution in [1.82, 2.24) is 4.90 Å². The van der Waals surface area contributed by atoms with Crippen LogP contribution in [0.3, 0.4) is 0 Å². The molecule has 3 heteroatoms. The van der Waals surface area contributed by atoms with Crippen LogP contribution in [0.4, 0.5) is 0 Å². The number of hydrogen-bond donors (Lipinski definition) is 0. The Balaban J connectivity index is 2.15. The summed E-state index contributed by atoms with van der Waals surface area (Å²) < 4.78 is 0.878. The Labute approximate surface area is 103 Å². The molecule has 1 aromatic carbocycles. The molecule has 2 nitrogen and oxygen atoms in total. The predicted molar refractivity (Wildman–Crippen MR) is 69.5 cm³/mol. The highest BCUT2D eigenvalue weighted by atomic mass is 127. The molecule has 0 saturated heterocycles. The van der Waals surface area contributed by atoms with Crippen LogP contribution in [0.5, 0.6) is 0 Å². The third-order valence-corrected chi connectivity index (χ3v) is 3.00. The van der Waals surface area contributed by atoms with Crippen LogP contribution in [0.1, 0.15) is 17.5 Å². The average Bonchev–Trinajstić information content (AvgIpc) is 2.29. The third kappa shape index (κ3) is 2.40. The zero-order valence-corrected chi connectivity index (χ0v) is 10.5. The van der Waals surface area contributed by atoms with Gasteiger partial charge < -0.3 is 4.90 Å². The summed E-state index contributed by atoms with van der Waals surface area (Å²) in [6.07, 6.45) is 4.51. The number of carbonyl (C=O) groups excluding carboxylic acids is 1. The van der Waals surface area contributed by atoms with Crippen molar-refractivity contribution in [3.05, 3.63) is 41.6 Å². The van der Waals surface area contributed by atoms with E-state index < -0.39 is 0 Å². The predicted octanol–water partition coefficient (Wildman–Crippen LogP) is 2.82. The van der Waals surface area contributed by atoms with Crippen LogP contribution in [0.2, 0.25) is 0 Å². The number of benzene rings is 1. The van der Waals surface area contributed by atoms with Gasteiger partial charge in [0.2, 0.25) is 5.91 Å². The van der Waals surface area contributed by atoms with Crippen LogP contribution in [-0.4, -0.2) is 15.2 Å². The monoisotopic (exact) mass is 313 g/mol. The van der Waals surface area contributed by atoms with E-state index in [1.54, 1.807) is 4.90 Å². The maximum absolute atomic E-state index is 11.7. The first-order chi connectivity index (χ1) is 7.31. The molecular weight excluding hydrogens is 301 g/mol. The Hall–Kier alpha value is -0.840. The van der Waals surface area contributed by atoms with E-state index in [9.17, 15) is 4.79 Å². The van der Waals surface area contributed by atoms with Gasteiger partial charge in [0.1, 0.15) is 0 Å². The van der Waals surface area contributed by atoms with Crippen molar-refractivity contribution >= 4 is 34.6 Å². The van der Waals surface area contributed by atoms with Crippen molar-refractivity contribution in [3.8, 4) is 0 Å². The van der Waals surface area contributed by atoms with E-state index in [0.29, 0.717) is 13.0 Å². The van der Waals surface area contributed by atoms with Crippen molar-refractivity contribution in [3.63, 3.8) is 0 Å². The van der Waals surface area contributed by atoms with Crippen LogP contribution in [0, 0.1) is 0 Å². The summed E-state index contributed by atoms with van der Waals surface area (Å²) in [7, 11) is 0. The molecule has 0 radical (unpaired) electrons. The molecule has 0 aromatic heterocycles. The van der Waals surface area contributed by atoms with E-state index in [-0.39, 0.29) is 5.91 Å². The highest BCUT2D eigenvalue weighted by Gasteiger charge is 2.15. The van der Waals surface area contributed by atoms with Gasteiger partial charge in [0.25, 0.3) is 0 Å². The van der Waals surface area contributed by atoms with E-state index in [1.165, 1.54) is 11.1 Å². The molecule has 0 saturated carbocycles. The molecule has 0 atom stereocenters. The van der Waals surface area contributed by atoms with Crippen LogP contribution < -0.4 is 0 Å². The summed E-state index contributed by atoms with van der Waals surface area (Å²) in [6, 6.07) is 8.18. The molecule has 0 unspecified atom stereocenters. The smallest absolute Gasteiger partial charge is 0.227 e. The van der Waals surface area contributed by atoms with Gasteiger partial charge in [0, 0.05) is 17.0 Å². The van der Waals surface area contributed by atoms with Gasteiger partial charge in [-0.1, -0.05) is 46.9 Å². The molecule has 0 fully saturated rings. The van der Waals surface area contributed by atoms with Crippen LogP contribution in [0.15, 0.2) is 30.5 Å². The molecule has 0 N–H and O–H groups in total. The number of nitrogens with zero attached hydrogens (tertiary/aromatic N) is 1. The normalized spacial score (nSPS) is 13.8. The number of alkyl halides is 1. The van der Waals surface area contributed by atoms with Gasteiger partial charge in [0.15, 0.2) is 0 Å². The van der Waals surface area contributed by atoms with E-state index in [4.69, 9.17) is 0 Å². The van der Waals surface area contributed by atoms with Gasteiger partial charge in [0.05, 0.1) is 6.54 Å². The lowest BCUT2D eigenvalue weighted by molar-refractivity contribution is -0.128. The lowest BCUT2D eigenvalue weighted by Crippen LogP contribution is -2.27. The van der Waals surface area contributed by atoms with Gasteiger partial charge in [-0.25, -0.2) is 0 Å². The quantitative estimate of drug-likeness (QED) is 0.607. The second-order valence-electron chi connectivity index (χ2n) is 3.48. The minimum Gasteiger partial charge on any atom is -0.315 e. The van der Waals surface area contributed by atoms with Gasteiger partial charge in [-0.05, 0) is 17.2 Å². The van der Waals surface area contributed by atoms with E-state index in [2.05, 4.69) is 34.7 Å². The molecule has 1 aromatic rings. The third-order valence-electron chi connectivity index (χ3n) is 2.46. The van der Waals surface area contributed by atoms with E-state index >= 15 is 0 Å². The Morgan fingerprint density at radius 2 is 2.20 bits per heavy atom. The zero-order valence-electron chi connectivity index (χ0n) is 8.32. The first-order valence-electron chi connectivity index (χ1n) is 4.93. The zero-order chi connectivity index (χ0) is 10.7. The van der Waals surface area contributed by atoms with Crippen LogP contribution >= 0.6 is 22.6 Å². The van der Waals surface area contributed by atoms with E-state index in [1.807, 2.05) is 24.4 Å². The summed E-state index contributed by atoms with van der Waals surface area (Å²) in [5.74, 6) is 0.204. The number of fused-ring (bicyclic) bond motifs is 1. The summed E-state index contributed by atoms with van der Waals surface area (Å²) in [5, 5.41) is 0. The molecule has 0 aliphatic carbocycles. The molecule has 0 bridgehead atoms. The second-order valence-corrected chi connectivity index (χ2v) is 4.55. The number of hydrogen-bond acceptors (Lipinski definition) is 1. The molecule has 78 valence electrons. The summed E-state index contributed by atoms with van der Waals surface area (Å²) in [5.41, 5.74) is 2.44. The molecule has 15 heavy (non-hydrogen) atoms. The fourth-order valence-electron chi connectivity index (χ4n) is 1.64. The SMILES string of the molecule is O=C(CCI)N1C=Cc2ccccc2C1. The van der Waals surface area contributed by atoms with Gasteiger partial charge in [-0.3, -0.25) is 4.79 Å². The first-order valence-corrected chi connectivity index (χ1v) is 6.45. The lowest BCUT2D eigenvalue weighted by atomic mass is 10.0. The minimum absolute atomic E-state index is 0.204. The summed E-state index contributed by atoms with van der Waals surface area (Å²) >= 11 is 2.23. The summed E-state index contributed by atoms with van der Waals surface area (Å²) in [4.78, 5) is 13.5. The van der Waals surface area contributed by atoms with Crippen molar-refractivity contribution in [2.45, 2.75) is 13.0 Å². The Bertz CT molecular complexity index is 400. The number of amides is 1. The lowest BCUT2D eigenvalue weighted by Gasteiger charge is -2.23. The number of carbonyl (C=O) groups is 1. The maximum atomic E-state index is 11.7. The molecule has 1 heterocycles. The second kappa shape index (κ2) is 4.79. The Kier molecular flexibility index (Phi) is 3.41. The van der Waals surface area contributed by atoms with Crippen molar-refractivity contribution < 1.29 is 4.79 Å². The van der Waals surface area contributed by atoms with Crippen LogP contribution in [0.25, 0.3) is 6.08 Å². The first kappa shape index (κ1) is 10.7. The molecule has 2 rings (SSSR count). The van der Waals surface area contributed by atoms with Crippen molar-refractivity contribution in [2.75, 3.05) is 4.43 Å². The minimum atomic E-state index is 0.204. The highest BCUT2D eigenvalue weighted by Crippen LogP contribution is 2.19. The molecule has 0 spiro atoms. The number of halogens is 1. The maximum Gasteiger partial charge on any atom is 0.227 e. The van der Waals surface area contributed by atoms with E-state index in [0.717, 1.165) is 4.43 Å². The van der Waals surface area contributed by atoms with Gasteiger partial charge in [-0.15, -0.1) is 0 Å². The molecule has 1 aliphatic rings. The van der Waals surface area contributed by atoms with Crippen molar-refractivity contribution in [1.29, 1.82) is 0 Å².